The third-order valence-corrected chi connectivity index (χ3v) is 2.15. The average molecular weight is 184 g/mol. The molecule has 1 atom stereocenters. The molecular weight excluding hydrogens is 179 g/mol. The Hall–Kier alpha value is -1.82. The predicted octanol–water partition coefficient (Wildman–Crippen LogP) is -0.159. The molecule has 1 aliphatic rings. The highest BCUT2D eigenvalue weighted by molar-refractivity contribution is 6.61. The maximum absolute atomic E-state index is 9.39. The maximum Gasteiger partial charge on any atom is 0.492 e. The highest BCUT2D eigenvalue weighted by atomic mass is 16.5. The molecule has 4 nitrogen and oxygen atoms in total. The van der Waals surface area contributed by atoms with Crippen molar-refractivity contribution >= 4 is 12.6 Å². The van der Waals surface area contributed by atoms with Gasteiger partial charge in [-0.05, 0) is 23.2 Å². The minimum atomic E-state index is -1.05. The minimum absolute atomic E-state index is 0.460. The van der Waals surface area contributed by atoms with Crippen LogP contribution in [0.1, 0.15) is 17.2 Å². The van der Waals surface area contributed by atoms with Crippen LogP contribution in [0, 0.1) is 22.7 Å². The van der Waals surface area contributed by atoms with Crippen LogP contribution in [-0.4, -0.2) is 12.1 Å². The first kappa shape index (κ1) is 8.77. The monoisotopic (exact) mass is 184 g/mol. The molecule has 0 bridgehead atoms. The number of nitrogens with zero attached hydrogens (tertiary/aromatic N) is 2. The van der Waals surface area contributed by atoms with Crippen LogP contribution in [0.2, 0.25) is 0 Å². The molecule has 2 rings (SSSR count). The molecule has 0 saturated carbocycles. The van der Waals surface area contributed by atoms with Crippen LogP contribution in [0.3, 0.4) is 0 Å². The zero-order chi connectivity index (χ0) is 10.1. The maximum atomic E-state index is 9.39. The molecule has 5 heteroatoms. The third-order valence-electron chi connectivity index (χ3n) is 2.15. The van der Waals surface area contributed by atoms with Gasteiger partial charge < -0.3 is 9.68 Å². The summed E-state index contributed by atoms with van der Waals surface area (Å²) in [5, 5.41) is 26.8. The van der Waals surface area contributed by atoms with Crippen molar-refractivity contribution in [3.63, 3.8) is 0 Å². The van der Waals surface area contributed by atoms with Crippen LogP contribution >= 0.6 is 0 Å². The van der Waals surface area contributed by atoms with Gasteiger partial charge in [-0.2, -0.15) is 10.5 Å². The summed E-state index contributed by atoms with van der Waals surface area (Å²) in [6.45, 7) is 0. The van der Waals surface area contributed by atoms with Gasteiger partial charge in [-0.3, -0.25) is 0 Å². The van der Waals surface area contributed by atoms with Crippen molar-refractivity contribution in [2.45, 2.75) is 6.10 Å². The van der Waals surface area contributed by atoms with E-state index in [0.717, 1.165) is 0 Å². The van der Waals surface area contributed by atoms with Crippen molar-refractivity contribution in [3.8, 4) is 12.1 Å². The van der Waals surface area contributed by atoms with E-state index in [-0.39, 0.29) is 0 Å². The van der Waals surface area contributed by atoms with Crippen molar-refractivity contribution in [2.75, 3.05) is 0 Å². The van der Waals surface area contributed by atoms with Gasteiger partial charge in [-0.25, -0.2) is 0 Å². The highest BCUT2D eigenvalue weighted by Gasteiger charge is 2.35. The Morgan fingerprint density at radius 2 is 2.21 bits per heavy atom. The topological polar surface area (TPSA) is 77.0 Å². The summed E-state index contributed by atoms with van der Waals surface area (Å²) >= 11 is 0. The van der Waals surface area contributed by atoms with Gasteiger partial charge in [-0.1, -0.05) is 6.07 Å². The molecule has 1 N–H and O–H groups in total. The lowest BCUT2D eigenvalue weighted by atomic mass is 9.79. The van der Waals surface area contributed by atoms with Crippen molar-refractivity contribution in [1.82, 2.24) is 0 Å². The van der Waals surface area contributed by atoms with Crippen LogP contribution in [0.25, 0.3) is 0 Å². The highest BCUT2D eigenvalue weighted by Crippen LogP contribution is 2.23. The van der Waals surface area contributed by atoms with E-state index in [0.29, 0.717) is 16.6 Å². The SMILES string of the molecule is N#Cc1ccc2c(c1)C(C#N)OB2O. The van der Waals surface area contributed by atoms with Crippen LogP contribution < -0.4 is 5.46 Å². The number of rotatable bonds is 0. The van der Waals surface area contributed by atoms with E-state index in [1.54, 1.807) is 18.2 Å². The van der Waals surface area contributed by atoms with Gasteiger partial charge in [0, 0.05) is 0 Å². The van der Waals surface area contributed by atoms with E-state index in [1.807, 2.05) is 12.1 Å². The third kappa shape index (κ3) is 1.16. The fourth-order valence-corrected chi connectivity index (χ4v) is 1.47. The standard InChI is InChI=1S/C9H5BN2O2/c11-4-6-1-2-8-7(3-6)9(5-12)14-10(8)13/h1-3,9,13H. The zero-order valence-electron chi connectivity index (χ0n) is 7.14. The number of benzene rings is 1. The van der Waals surface area contributed by atoms with Gasteiger partial charge in [0.1, 0.15) is 0 Å². The second kappa shape index (κ2) is 3.15. The first-order chi connectivity index (χ1) is 6.76. The molecule has 0 radical (unpaired) electrons. The van der Waals surface area contributed by atoms with E-state index in [2.05, 4.69) is 0 Å². The number of hydrogen-bond donors (Lipinski definition) is 1. The molecule has 66 valence electrons. The van der Waals surface area contributed by atoms with E-state index in [4.69, 9.17) is 15.2 Å². The van der Waals surface area contributed by atoms with Gasteiger partial charge >= 0.3 is 7.12 Å². The average Bonchev–Trinajstić information content (AvgIpc) is 2.55. The van der Waals surface area contributed by atoms with Gasteiger partial charge in [0.05, 0.1) is 17.7 Å². The first-order valence-electron chi connectivity index (χ1n) is 4.03. The molecule has 1 heterocycles. The normalized spacial score (nSPS) is 18.5. The zero-order valence-corrected chi connectivity index (χ0v) is 7.14. The van der Waals surface area contributed by atoms with Gasteiger partial charge in [-0.15, -0.1) is 0 Å². The smallest absolute Gasteiger partial charge is 0.423 e. The Morgan fingerprint density at radius 3 is 2.86 bits per heavy atom. The van der Waals surface area contributed by atoms with Gasteiger partial charge in [0.2, 0.25) is 0 Å². The van der Waals surface area contributed by atoms with Gasteiger partial charge in [0.25, 0.3) is 0 Å². The van der Waals surface area contributed by atoms with Crippen molar-refractivity contribution in [1.29, 1.82) is 10.5 Å². The van der Waals surface area contributed by atoms with E-state index in [9.17, 15) is 5.02 Å². The molecule has 0 aromatic heterocycles. The number of fused-ring (bicyclic) bond motifs is 1. The summed E-state index contributed by atoms with van der Waals surface area (Å²) in [7, 11) is -1.05. The van der Waals surface area contributed by atoms with E-state index < -0.39 is 13.2 Å². The molecule has 1 aliphatic heterocycles. The lowest BCUT2D eigenvalue weighted by Crippen LogP contribution is -2.27. The molecule has 0 amide bonds. The Bertz CT molecular complexity index is 461. The Kier molecular flexibility index (Phi) is 1.97. The summed E-state index contributed by atoms with van der Waals surface area (Å²) < 4.78 is 4.97. The van der Waals surface area contributed by atoms with E-state index >= 15 is 0 Å². The van der Waals surface area contributed by atoms with Crippen molar-refractivity contribution in [3.05, 3.63) is 29.3 Å². The Morgan fingerprint density at radius 1 is 1.43 bits per heavy atom. The fourth-order valence-electron chi connectivity index (χ4n) is 1.47. The summed E-state index contributed by atoms with van der Waals surface area (Å²) in [6.07, 6.45) is -0.770. The fraction of sp³-hybridized carbons (Fsp3) is 0.111. The molecule has 0 fully saturated rings. The summed E-state index contributed by atoms with van der Waals surface area (Å²) in [5.74, 6) is 0. The molecular formula is C9H5BN2O2. The molecule has 1 aromatic rings. The lowest BCUT2D eigenvalue weighted by molar-refractivity contribution is 0.239. The predicted molar refractivity (Wildman–Crippen MR) is 48.2 cm³/mol. The first-order valence-corrected chi connectivity index (χ1v) is 4.03. The number of nitriles is 2. The number of hydrogen-bond acceptors (Lipinski definition) is 4. The summed E-state index contributed by atoms with van der Waals surface area (Å²) in [6, 6.07) is 8.64. The quantitative estimate of drug-likeness (QED) is 0.568. The van der Waals surface area contributed by atoms with Crippen LogP contribution in [0.5, 0.6) is 0 Å². The second-order valence-corrected chi connectivity index (χ2v) is 2.95. The summed E-state index contributed by atoms with van der Waals surface area (Å²) in [5.41, 5.74) is 1.61. The molecule has 14 heavy (non-hydrogen) atoms. The molecule has 0 aliphatic carbocycles. The van der Waals surface area contributed by atoms with Crippen LogP contribution in [0.4, 0.5) is 0 Å². The molecule has 0 spiro atoms. The Labute approximate surface area is 81.1 Å². The van der Waals surface area contributed by atoms with Crippen molar-refractivity contribution < 1.29 is 9.68 Å². The molecule has 1 aromatic carbocycles. The molecule has 0 saturated heterocycles. The second-order valence-electron chi connectivity index (χ2n) is 2.95. The van der Waals surface area contributed by atoms with Gasteiger partial charge in [0.15, 0.2) is 6.10 Å². The largest absolute Gasteiger partial charge is 0.492 e. The Balaban J connectivity index is 2.55. The minimum Gasteiger partial charge on any atom is -0.423 e. The van der Waals surface area contributed by atoms with Crippen LogP contribution in [0.15, 0.2) is 18.2 Å². The van der Waals surface area contributed by atoms with E-state index in [1.165, 1.54) is 0 Å². The lowest BCUT2D eigenvalue weighted by Gasteiger charge is -2.00. The van der Waals surface area contributed by atoms with Crippen molar-refractivity contribution in [2.24, 2.45) is 0 Å². The van der Waals surface area contributed by atoms with Crippen LogP contribution in [-0.2, 0) is 4.65 Å². The molecule has 1 unspecified atom stereocenters. The summed E-state index contributed by atoms with van der Waals surface area (Å²) in [4.78, 5) is 0.